The van der Waals surface area contributed by atoms with Crippen molar-refractivity contribution in [3.8, 4) is 11.1 Å². The van der Waals surface area contributed by atoms with Gasteiger partial charge in [0.2, 0.25) is 0 Å². The lowest BCUT2D eigenvalue weighted by Gasteiger charge is -2.02. The Hall–Kier alpha value is -1.61. The minimum atomic E-state index is 0.951. The lowest BCUT2D eigenvalue weighted by atomic mass is 10.1. The van der Waals surface area contributed by atoms with E-state index in [1.165, 1.54) is 11.1 Å². The Labute approximate surface area is 102 Å². The van der Waals surface area contributed by atoms with E-state index in [-0.39, 0.29) is 0 Å². The number of nitrogens with zero attached hydrogens (tertiary/aromatic N) is 2. The van der Waals surface area contributed by atoms with Gasteiger partial charge in [0.15, 0.2) is 0 Å². The Morgan fingerprint density at radius 2 is 1.75 bits per heavy atom. The van der Waals surface area contributed by atoms with Crippen molar-refractivity contribution in [2.24, 2.45) is 0 Å². The molecule has 0 atom stereocenters. The van der Waals surface area contributed by atoms with E-state index in [2.05, 4.69) is 45.3 Å². The average molecular weight is 273 g/mol. The summed E-state index contributed by atoms with van der Waals surface area (Å²) in [6.07, 6.45) is 3.89. The third-order valence-corrected chi connectivity index (χ3v) is 3.15. The lowest BCUT2D eigenvalue weighted by molar-refractivity contribution is 1.16. The van der Waals surface area contributed by atoms with Gasteiger partial charge in [0.25, 0.3) is 0 Å². The van der Waals surface area contributed by atoms with Crippen molar-refractivity contribution in [2.45, 2.75) is 0 Å². The zero-order chi connectivity index (χ0) is 11.0. The van der Waals surface area contributed by atoms with Crippen LogP contribution >= 0.6 is 15.9 Å². The van der Waals surface area contributed by atoms with E-state index in [0.717, 1.165) is 10.3 Å². The maximum atomic E-state index is 4.27. The van der Waals surface area contributed by atoms with Crippen LogP contribution in [0.3, 0.4) is 0 Å². The monoisotopic (exact) mass is 272 g/mol. The van der Waals surface area contributed by atoms with Gasteiger partial charge in [-0.15, -0.1) is 0 Å². The summed E-state index contributed by atoms with van der Waals surface area (Å²) in [7, 11) is 0. The third kappa shape index (κ3) is 1.53. The number of pyridine rings is 1. The molecule has 2 nitrogen and oxygen atoms in total. The van der Waals surface area contributed by atoms with Crippen molar-refractivity contribution in [1.29, 1.82) is 0 Å². The van der Waals surface area contributed by atoms with E-state index in [9.17, 15) is 0 Å². The van der Waals surface area contributed by atoms with Crippen LogP contribution in [0.4, 0.5) is 0 Å². The van der Waals surface area contributed by atoms with E-state index < -0.39 is 0 Å². The number of benzene rings is 1. The fourth-order valence-corrected chi connectivity index (χ4v) is 2.14. The molecule has 0 saturated carbocycles. The summed E-state index contributed by atoms with van der Waals surface area (Å²) in [5, 5.41) is 0. The highest BCUT2D eigenvalue weighted by Crippen LogP contribution is 2.21. The van der Waals surface area contributed by atoms with E-state index in [0.29, 0.717) is 0 Å². The molecule has 78 valence electrons. The molecule has 0 saturated heterocycles. The second kappa shape index (κ2) is 3.76. The molecule has 0 spiro atoms. The Kier molecular flexibility index (Phi) is 2.26. The molecule has 0 fully saturated rings. The first-order valence-corrected chi connectivity index (χ1v) is 5.82. The van der Waals surface area contributed by atoms with Crippen molar-refractivity contribution >= 4 is 21.6 Å². The predicted octanol–water partition coefficient (Wildman–Crippen LogP) is 3.76. The number of fused-ring (bicyclic) bond motifs is 1. The standard InChI is InChI=1S/C13H9BrN2/c14-12-8-15-13-7-6-11(9-16(12)13)10-4-2-1-3-5-10/h1-9H. The van der Waals surface area contributed by atoms with E-state index >= 15 is 0 Å². The lowest BCUT2D eigenvalue weighted by Crippen LogP contribution is -1.86. The highest BCUT2D eigenvalue weighted by molar-refractivity contribution is 9.10. The van der Waals surface area contributed by atoms with Crippen LogP contribution in [0.1, 0.15) is 0 Å². The van der Waals surface area contributed by atoms with E-state index in [1.54, 1.807) is 0 Å². The number of halogens is 1. The predicted molar refractivity (Wildman–Crippen MR) is 68.3 cm³/mol. The molecule has 0 aliphatic heterocycles. The van der Waals surface area contributed by atoms with Crippen LogP contribution in [0.2, 0.25) is 0 Å². The van der Waals surface area contributed by atoms with Gasteiger partial charge in [-0.3, -0.25) is 4.40 Å². The average Bonchev–Trinajstić information content (AvgIpc) is 2.72. The van der Waals surface area contributed by atoms with Gasteiger partial charge in [0, 0.05) is 6.20 Å². The molecule has 0 radical (unpaired) electrons. The first kappa shape index (κ1) is 9.60. The van der Waals surface area contributed by atoms with Crippen molar-refractivity contribution in [3.05, 3.63) is 59.5 Å². The quantitative estimate of drug-likeness (QED) is 0.659. The normalized spacial score (nSPS) is 10.8. The van der Waals surface area contributed by atoms with Crippen LogP contribution in [0.15, 0.2) is 59.5 Å². The molecule has 0 N–H and O–H groups in total. The zero-order valence-corrected chi connectivity index (χ0v) is 10.1. The highest BCUT2D eigenvalue weighted by atomic mass is 79.9. The van der Waals surface area contributed by atoms with Crippen LogP contribution in [-0.2, 0) is 0 Å². The fraction of sp³-hybridized carbons (Fsp3) is 0. The molecule has 3 heteroatoms. The van der Waals surface area contributed by atoms with Crippen molar-refractivity contribution in [3.63, 3.8) is 0 Å². The molecule has 2 heterocycles. The molecule has 0 unspecified atom stereocenters. The van der Waals surface area contributed by atoms with Gasteiger partial charge in [-0.25, -0.2) is 4.98 Å². The number of imidazole rings is 1. The topological polar surface area (TPSA) is 17.3 Å². The molecule has 0 aliphatic carbocycles. The summed E-state index contributed by atoms with van der Waals surface area (Å²) in [6, 6.07) is 14.4. The van der Waals surface area contributed by atoms with Crippen LogP contribution in [0.5, 0.6) is 0 Å². The summed E-state index contributed by atoms with van der Waals surface area (Å²) < 4.78 is 3.00. The van der Waals surface area contributed by atoms with Gasteiger partial charge < -0.3 is 0 Å². The largest absolute Gasteiger partial charge is 0.294 e. The van der Waals surface area contributed by atoms with Crippen LogP contribution in [0, 0.1) is 0 Å². The van der Waals surface area contributed by atoms with Crippen molar-refractivity contribution < 1.29 is 0 Å². The molecule has 2 aromatic heterocycles. The Bertz CT molecular complexity index is 629. The highest BCUT2D eigenvalue weighted by Gasteiger charge is 2.02. The molecule has 16 heavy (non-hydrogen) atoms. The molecule has 0 aliphatic rings. The summed E-state index contributed by atoms with van der Waals surface area (Å²) >= 11 is 3.47. The van der Waals surface area contributed by atoms with E-state index in [1.807, 2.05) is 34.9 Å². The molecule has 1 aromatic carbocycles. The van der Waals surface area contributed by atoms with Crippen LogP contribution in [0.25, 0.3) is 16.8 Å². The van der Waals surface area contributed by atoms with Crippen LogP contribution < -0.4 is 0 Å². The van der Waals surface area contributed by atoms with Gasteiger partial charge in [-0.1, -0.05) is 30.3 Å². The number of hydrogen-bond acceptors (Lipinski definition) is 1. The zero-order valence-electron chi connectivity index (χ0n) is 8.47. The molecule has 3 aromatic rings. The molecular formula is C13H9BrN2. The van der Waals surface area contributed by atoms with Crippen molar-refractivity contribution in [2.75, 3.05) is 0 Å². The summed E-state index contributed by atoms with van der Waals surface area (Å²) in [5.74, 6) is 0. The minimum absolute atomic E-state index is 0.951. The second-order valence-corrected chi connectivity index (χ2v) is 4.41. The maximum absolute atomic E-state index is 4.27. The first-order valence-electron chi connectivity index (χ1n) is 5.02. The Balaban J connectivity index is 2.22. The fourth-order valence-electron chi connectivity index (χ4n) is 1.75. The van der Waals surface area contributed by atoms with E-state index in [4.69, 9.17) is 0 Å². The SMILES string of the molecule is Brc1cnc2ccc(-c3ccccc3)cn12. The van der Waals surface area contributed by atoms with Gasteiger partial charge in [0.1, 0.15) is 10.3 Å². The summed E-state index contributed by atoms with van der Waals surface area (Å²) in [5.41, 5.74) is 3.35. The molecular weight excluding hydrogens is 264 g/mol. The number of hydrogen-bond donors (Lipinski definition) is 0. The van der Waals surface area contributed by atoms with Gasteiger partial charge in [-0.05, 0) is 39.2 Å². The molecule has 3 rings (SSSR count). The first-order chi connectivity index (χ1) is 7.84. The number of aromatic nitrogens is 2. The molecule has 0 bridgehead atoms. The maximum Gasteiger partial charge on any atom is 0.137 e. The van der Waals surface area contributed by atoms with Gasteiger partial charge >= 0.3 is 0 Å². The van der Waals surface area contributed by atoms with Crippen LogP contribution in [-0.4, -0.2) is 9.38 Å². The number of rotatable bonds is 1. The summed E-state index contributed by atoms with van der Waals surface area (Å²) in [4.78, 5) is 4.27. The molecule has 0 amide bonds. The van der Waals surface area contributed by atoms with Gasteiger partial charge in [0.05, 0.1) is 6.20 Å². The Morgan fingerprint density at radius 1 is 0.938 bits per heavy atom. The third-order valence-electron chi connectivity index (χ3n) is 2.57. The minimum Gasteiger partial charge on any atom is -0.294 e. The smallest absolute Gasteiger partial charge is 0.137 e. The van der Waals surface area contributed by atoms with Crippen molar-refractivity contribution in [1.82, 2.24) is 9.38 Å². The Morgan fingerprint density at radius 3 is 2.56 bits per heavy atom. The second-order valence-electron chi connectivity index (χ2n) is 3.59. The van der Waals surface area contributed by atoms with Gasteiger partial charge in [-0.2, -0.15) is 0 Å². The summed E-state index contributed by atoms with van der Waals surface area (Å²) in [6.45, 7) is 0.